The number of nitrogens with one attached hydrogen (secondary N) is 1. The zero-order valence-corrected chi connectivity index (χ0v) is 10.7. The Hall–Kier alpha value is -2.65. The average molecular weight is 273 g/mol. The van der Waals surface area contributed by atoms with Gasteiger partial charge in [-0.1, -0.05) is 11.8 Å². The minimum Gasteiger partial charge on any atom is -0.432 e. The van der Waals surface area contributed by atoms with Gasteiger partial charge in [0.2, 0.25) is 0 Å². The first-order valence-electron chi connectivity index (χ1n) is 5.82. The molecule has 2 aromatic rings. The molecule has 0 bridgehead atoms. The van der Waals surface area contributed by atoms with Crippen molar-refractivity contribution in [2.75, 3.05) is 11.9 Å². The van der Waals surface area contributed by atoms with Gasteiger partial charge in [-0.05, 0) is 25.1 Å². The van der Waals surface area contributed by atoms with E-state index in [4.69, 9.17) is 10.2 Å². The van der Waals surface area contributed by atoms with Crippen LogP contribution in [0.25, 0.3) is 0 Å². The molecule has 3 N–H and O–H groups in total. The Morgan fingerprint density at radius 2 is 2.35 bits per heavy atom. The third kappa shape index (κ3) is 3.22. The minimum atomic E-state index is -0.479. The summed E-state index contributed by atoms with van der Waals surface area (Å²) in [6.07, 6.45) is 1.41. The Morgan fingerprint density at radius 1 is 1.55 bits per heavy atom. The van der Waals surface area contributed by atoms with Crippen LogP contribution in [0.3, 0.4) is 0 Å². The zero-order valence-electron chi connectivity index (χ0n) is 10.7. The molecule has 5 nitrogen and oxygen atoms in total. The summed E-state index contributed by atoms with van der Waals surface area (Å²) in [4.78, 5) is 16.0. The predicted molar refractivity (Wildman–Crippen MR) is 71.5 cm³/mol. The highest BCUT2D eigenvalue weighted by Gasteiger charge is 2.13. The van der Waals surface area contributed by atoms with Crippen molar-refractivity contribution >= 4 is 11.9 Å². The molecule has 0 spiro atoms. The van der Waals surface area contributed by atoms with Gasteiger partial charge in [-0.15, -0.1) is 0 Å². The van der Waals surface area contributed by atoms with Crippen LogP contribution in [0.2, 0.25) is 0 Å². The van der Waals surface area contributed by atoms with Crippen molar-refractivity contribution in [2.24, 2.45) is 5.73 Å². The van der Waals surface area contributed by atoms with E-state index in [1.54, 1.807) is 6.92 Å². The highest BCUT2D eigenvalue weighted by atomic mass is 19.1. The molecule has 20 heavy (non-hydrogen) atoms. The topological polar surface area (TPSA) is 81.2 Å². The van der Waals surface area contributed by atoms with Crippen molar-refractivity contribution in [3.05, 3.63) is 47.1 Å². The van der Waals surface area contributed by atoms with Crippen molar-refractivity contribution in [1.29, 1.82) is 0 Å². The quantitative estimate of drug-likeness (QED) is 0.816. The highest BCUT2D eigenvalue weighted by Crippen LogP contribution is 2.13. The number of anilines is 1. The SMILES string of the molecule is Cc1coc(NC(=O)c2ccc(F)cc2C#CCN)n1. The van der Waals surface area contributed by atoms with E-state index in [0.29, 0.717) is 5.69 Å². The van der Waals surface area contributed by atoms with E-state index >= 15 is 0 Å². The molecule has 0 aliphatic rings. The van der Waals surface area contributed by atoms with Crippen LogP contribution in [0.1, 0.15) is 21.6 Å². The Balaban J connectivity index is 2.29. The van der Waals surface area contributed by atoms with Crippen molar-refractivity contribution in [3.8, 4) is 11.8 Å². The third-order valence-electron chi connectivity index (χ3n) is 2.39. The van der Waals surface area contributed by atoms with Crippen LogP contribution in [0, 0.1) is 24.6 Å². The summed E-state index contributed by atoms with van der Waals surface area (Å²) < 4.78 is 18.2. The molecule has 0 unspecified atom stereocenters. The summed E-state index contributed by atoms with van der Waals surface area (Å²) in [6, 6.07) is 3.79. The fraction of sp³-hybridized carbons (Fsp3) is 0.143. The number of aromatic nitrogens is 1. The highest BCUT2D eigenvalue weighted by molar-refractivity contribution is 6.04. The number of aryl methyl sites for hydroxylation is 1. The number of nitrogens with two attached hydrogens (primary N) is 1. The Kier molecular flexibility index (Phi) is 4.13. The largest absolute Gasteiger partial charge is 0.432 e. The third-order valence-corrected chi connectivity index (χ3v) is 2.39. The van der Waals surface area contributed by atoms with Gasteiger partial charge in [-0.2, -0.15) is 4.98 Å². The smallest absolute Gasteiger partial charge is 0.301 e. The van der Waals surface area contributed by atoms with Crippen LogP contribution in [0.15, 0.2) is 28.9 Å². The summed E-state index contributed by atoms with van der Waals surface area (Å²) in [5.74, 6) is 4.29. The van der Waals surface area contributed by atoms with Crippen molar-refractivity contribution in [2.45, 2.75) is 6.92 Å². The van der Waals surface area contributed by atoms with Crippen molar-refractivity contribution in [1.82, 2.24) is 4.98 Å². The fourth-order valence-corrected chi connectivity index (χ4v) is 1.54. The van der Waals surface area contributed by atoms with Gasteiger partial charge in [0.15, 0.2) is 0 Å². The molecule has 6 heteroatoms. The zero-order chi connectivity index (χ0) is 14.5. The molecule has 0 atom stereocenters. The molecule has 0 aliphatic carbocycles. The van der Waals surface area contributed by atoms with Crippen molar-refractivity contribution < 1.29 is 13.6 Å². The maximum Gasteiger partial charge on any atom is 0.301 e. The number of carbonyl (C=O) groups excluding carboxylic acids is 1. The molecule has 0 fully saturated rings. The van der Waals surface area contributed by atoms with Crippen LogP contribution in [-0.2, 0) is 0 Å². The Morgan fingerprint density at radius 3 is 3.00 bits per heavy atom. The second-order valence-corrected chi connectivity index (χ2v) is 3.94. The molecular weight excluding hydrogens is 261 g/mol. The number of amides is 1. The van der Waals surface area contributed by atoms with Gasteiger partial charge in [0, 0.05) is 5.56 Å². The fourth-order valence-electron chi connectivity index (χ4n) is 1.54. The second kappa shape index (κ2) is 5.99. The van der Waals surface area contributed by atoms with Crippen LogP contribution in [0.4, 0.5) is 10.4 Å². The first-order chi connectivity index (χ1) is 9.60. The van der Waals surface area contributed by atoms with Crippen LogP contribution in [0.5, 0.6) is 0 Å². The van der Waals surface area contributed by atoms with E-state index in [1.807, 2.05) is 0 Å². The molecule has 1 heterocycles. The maximum absolute atomic E-state index is 13.2. The van der Waals surface area contributed by atoms with Gasteiger partial charge in [-0.25, -0.2) is 4.39 Å². The number of halogens is 1. The van der Waals surface area contributed by atoms with Gasteiger partial charge >= 0.3 is 6.01 Å². The minimum absolute atomic E-state index is 0.0783. The van der Waals surface area contributed by atoms with Gasteiger partial charge in [0.25, 0.3) is 5.91 Å². The normalized spacial score (nSPS) is 9.75. The molecular formula is C14H12FN3O2. The van der Waals surface area contributed by atoms with E-state index in [1.165, 1.54) is 24.5 Å². The Labute approximate surface area is 115 Å². The van der Waals surface area contributed by atoms with E-state index in [-0.39, 0.29) is 23.7 Å². The summed E-state index contributed by atoms with van der Waals surface area (Å²) in [5, 5.41) is 2.48. The molecule has 1 aromatic carbocycles. The van der Waals surface area contributed by atoms with E-state index in [2.05, 4.69) is 22.1 Å². The van der Waals surface area contributed by atoms with Crippen molar-refractivity contribution in [3.63, 3.8) is 0 Å². The maximum atomic E-state index is 13.2. The monoisotopic (exact) mass is 273 g/mol. The molecule has 0 saturated heterocycles. The summed E-state index contributed by atoms with van der Waals surface area (Å²) in [7, 11) is 0. The second-order valence-electron chi connectivity index (χ2n) is 3.94. The van der Waals surface area contributed by atoms with E-state index < -0.39 is 11.7 Å². The number of carbonyl (C=O) groups is 1. The van der Waals surface area contributed by atoms with Gasteiger partial charge in [0.05, 0.1) is 17.8 Å². The number of hydrogen-bond donors (Lipinski definition) is 2. The number of oxazole rings is 1. The number of rotatable bonds is 2. The van der Waals surface area contributed by atoms with Gasteiger partial charge in [-0.3, -0.25) is 10.1 Å². The average Bonchev–Trinajstić information content (AvgIpc) is 2.81. The molecule has 102 valence electrons. The predicted octanol–water partition coefficient (Wildman–Crippen LogP) is 1.68. The lowest BCUT2D eigenvalue weighted by molar-refractivity contribution is 0.102. The first-order valence-corrected chi connectivity index (χ1v) is 5.82. The van der Waals surface area contributed by atoms with E-state index in [0.717, 1.165) is 0 Å². The number of nitrogens with zero attached hydrogens (tertiary/aromatic N) is 1. The Bertz CT molecular complexity index is 698. The summed E-state index contributed by atoms with van der Waals surface area (Å²) in [6.45, 7) is 1.85. The molecule has 2 rings (SSSR count). The van der Waals surface area contributed by atoms with Crippen LogP contribution in [-0.4, -0.2) is 17.4 Å². The van der Waals surface area contributed by atoms with Crippen LogP contribution < -0.4 is 11.1 Å². The molecule has 0 aliphatic heterocycles. The van der Waals surface area contributed by atoms with Crippen LogP contribution >= 0.6 is 0 Å². The molecule has 1 amide bonds. The summed E-state index contributed by atoms with van der Waals surface area (Å²) in [5.41, 5.74) is 6.40. The molecule has 0 radical (unpaired) electrons. The lowest BCUT2D eigenvalue weighted by Crippen LogP contribution is -2.14. The van der Waals surface area contributed by atoms with Gasteiger partial charge < -0.3 is 10.2 Å². The number of benzene rings is 1. The van der Waals surface area contributed by atoms with Gasteiger partial charge in [0.1, 0.15) is 12.1 Å². The summed E-state index contributed by atoms with van der Waals surface area (Å²) >= 11 is 0. The number of hydrogen-bond acceptors (Lipinski definition) is 4. The standard InChI is InChI=1S/C14H12FN3O2/c1-9-8-20-14(17-9)18-13(19)12-5-4-11(15)7-10(12)3-2-6-16/h4-5,7-8H,6,16H2,1H3,(H,17,18,19). The first kappa shape index (κ1) is 13.8. The van der Waals surface area contributed by atoms with E-state index in [9.17, 15) is 9.18 Å². The lowest BCUT2D eigenvalue weighted by Gasteiger charge is -2.04. The molecule has 1 aromatic heterocycles. The lowest BCUT2D eigenvalue weighted by atomic mass is 10.1. The molecule has 0 saturated carbocycles.